The monoisotopic (exact) mass is 296 g/mol. The minimum Gasteiger partial charge on any atom is -0.486 e. The van der Waals surface area contributed by atoms with Crippen LogP contribution in [0.3, 0.4) is 0 Å². The molecular formula is C11H12F4N2OS. The number of alkyl halides is 4. The van der Waals surface area contributed by atoms with Gasteiger partial charge < -0.3 is 10.5 Å². The van der Waals surface area contributed by atoms with E-state index in [0.717, 1.165) is 0 Å². The third-order valence-electron chi connectivity index (χ3n) is 2.22. The van der Waals surface area contributed by atoms with E-state index in [1.54, 1.807) is 12.3 Å². The van der Waals surface area contributed by atoms with E-state index in [-0.39, 0.29) is 17.1 Å². The molecule has 1 aromatic carbocycles. The van der Waals surface area contributed by atoms with Crippen molar-refractivity contribution >= 4 is 17.6 Å². The van der Waals surface area contributed by atoms with E-state index < -0.39 is 19.0 Å². The molecule has 1 rings (SSSR count). The maximum absolute atomic E-state index is 12.8. The molecule has 0 spiro atoms. The molecular weight excluding hydrogens is 284 g/mol. The highest BCUT2D eigenvalue weighted by Gasteiger charge is 2.41. The second-order valence-electron chi connectivity index (χ2n) is 3.60. The third-order valence-corrected chi connectivity index (χ3v) is 3.00. The second-order valence-corrected chi connectivity index (χ2v) is 4.45. The van der Waals surface area contributed by atoms with Crippen molar-refractivity contribution in [3.63, 3.8) is 0 Å². The normalized spacial score (nSPS) is 11.7. The molecule has 3 nitrogen and oxygen atoms in total. The summed E-state index contributed by atoms with van der Waals surface area (Å²) in [6.45, 7) is -1.47. The van der Waals surface area contributed by atoms with Crippen LogP contribution >= 0.6 is 11.8 Å². The Hall–Kier alpha value is -1.44. The minimum atomic E-state index is -4.25. The van der Waals surface area contributed by atoms with E-state index in [0.29, 0.717) is 4.90 Å². The molecule has 0 amide bonds. The smallest absolute Gasteiger partial charge is 0.340 e. The van der Waals surface area contributed by atoms with E-state index in [4.69, 9.17) is 15.9 Å². The summed E-state index contributed by atoms with van der Waals surface area (Å²) in [7, 11) is 0. The number of amidine groups is 1. The first-order chi connectivity index (χ1) is 8.79. The molecule has 0 fully saturated rings. The van der Waals surface area contributed by atoms with Gasteiger partial charge in [-0.05, 0) is 18.4 Å². The van der Waals surface area contributed by atoms with Gasteiger partial charge >= 0.3 is 12.3 Å². The standard InChI is InChI=1S/C11H12F4N2OS/c1-19-7-4-2-3-6(8(7)9(16)17)18-5-11(14,15)10(12)13/h2-4,10H,5H2,1H3,(H3,16,17). The second kappa shape index (κ2) is 6.14. The summed E-state index contributed by atoms with van der Waals surface area (Å²) >= 11 is 1.24. The van der Waals surface area contributed by atoms with Gasteiger partial charge in [-0.25, -0.2) is 8.78 Å². The van der Waals surface area contributed by atoms with Gasteiger partial charge in [0.1, 0.15) is 11.6 Å². The van der Waals surface area contributed by atoms with E-state index in [1.807, 2.05) is 0 Å². The first-order valence-electron chi connectivity index (χ1n) is 5.09. The Balaban J connectivity index is 2.99. The van der Waals surface area contributed by atoms with Crippen LogP contribution in [0.1, 0.15) is 5.56 Å². The molecule has 0 radical (unpaired) electrons. The topological polar surface area (TPSA) is 59.1 Å². The van der Waals surface area contributed by atoms with Crippen LogP contribution in [0.25, 0.3) is 0 Å². The largest absolute Gasteiger partial charge is 0.486 e. The van der Waals surface area contributed by atoms with Gasteiger partial charge in [-0.2, -0.15) is 8.78 Å². The van der Waals surface area contributed by atoms with Crippen molar-refractivity contribution in [2.24, 2.45) is 5.73 Å². The van der Waals surface area contributed by atoms with E-state index in [1.165, 1.54) is 23.9 Å². The number of thioether (sulfide) groups is 1. The molecule has 0 aromatic heterocycles. The molecule has 3 N–H and O–H groups in total. The molecule has 0 saturated heterocycles. The maximum Gasteiger partial charge on any atom is 0.340 e. The van der Waals surface area contributed by atoms with Crippen LogP contribution in [0.2, 0.25) is 0 Å². The number of nitrogen functional groups attached to an aromatic ring is 1. The number of nitrogens with one attached hydrogen (secondary N) is 1. The van der Waals surface area contributed by atoms with Gasteiger partial charge in [-0.3, -0.25) is 5.41 Å². The molecule has 0 aliphatic heterocycles. The van der Waals surface area contributed by atoms with Crippen molar-refractivity contribution in [3.8, 4) is 5.75 Å². The van der Waals surface area contributed by atoms with Crippen LogP contribution in [0.4, 0.5) is 17.6 Å². The number of hydrogen-bond acceptors (Lipinski definition) is 3. The lowest BCUT2D eigenvalue weighted by Gasteiger charge is -2.18. The molecule has 106 valence electrons. The zero-order valence-electron chi connectivity index (χ0n) is 9.92. The summed E-state index contributed by atoms with van der Waals surface area (Å²) in [5, 5.41) is 7.39. The Morgan fingerprint density at radius 2 is 2.11 bits per heavy atom. The van der Waals surface area contributed by atoms with Crippen molar-refractivity contribution in [1.82, 2.24) is 0 Å². The fourth-order valence-electron chi connectivity index (χ4n) is 1.30. The van der Waals surface area contributed by atoms with Crippen molar-refractivity contribution in [1.29, 1.82) is 5.41 Å². The summed E-state index contributed by atoms with van der Waals surface area (Å²) in [5.41, 5.74) is 5.47. The van der Waals surface area contributed by atoms with Crippen LogP contribution in [-0.2, 0) is 0 Å². The van der Waals surface area contributed by atoms with Gasteiger partial charge in [0, 0.05) is 4.90 Å². The lowest BCUT2D eigenvalue weighted by Crippen LogP contribution is -2.34. The zero-order chi connectivity index (χ0) is 14.6. The van der Waals surface area contributed by atoms with Crippen molar-refractivity contribution in [2.75, 3.05) is 12.9 Å². The first-order valence-corrected chi connectivity index (χ1v) is 6.32. The predicted octanol–water partition coefficient (Wildman–Crippen LogP) is 2.97. The predicted molar refractivity (Wildman–Crippen MR) is 65.7 cm³/mol. The molecule has 0 saturated carbocycles. The van der Waals surface area contributed by atoms with Crippen LogP contribution in [0.15, 0.2) is 23.1 Å². The number of halogens is 4. The van der Waals surface area contributed by atoms with Crippen molar-refractivity contribution < 1.29 is 22.3 Å². The zero-order valence-corrected chi connectivity index (χ0v) is 10.7. The third kappa shape index (κ3) is 3.76. The summed E-state index contributed by atoms with van der Waals surface area (Å²) < 4.78 is 54.3. The molecule has 1 aromatic rings. The Labute approximate surface area is 111 Å². The summed E-state index contributed by atoms with van der Waals surface area (Å²) in [6, 6.07) is 4.44. The van der Waals surface area contributed by atoms with E-state index in [2.05, 4.69) is 0 Å². The van der Waals surface area contributed by atoms with Gasteiger partial charge in [0.2, 0.25) is 0 Å². The molecule has 0 aliphatic rings. The molecule has 8 heteroatoms. The highest BCUT2D eigenvalue weighted by atomic mass is 32.2. The van der Waals surface area contributed by atoms with Gasteiger partial charge in [0.05, 0.1) is 5.56 Å². The Bertz CT molecular complexity index is 468. The average molecular weight is 296 g/mol. The Morgan fingerprint density at radius 1 is 1.47 bits per heavy atom. The van der Waals surface area contributed by atoms with Gasteiger partial charge in [-0.15, -0.1) is 11.8 Å². The lowest BCUT2D eigenvalue weighted by molar-refractivity contribution is -0.148. The van der Waals surface area contributed by atoms with Gasteiger partial charge in [0.25, 0.3) is 0 Å². The van der Waals surface area contributed by atoms with E-state index in [9.17, 15) is 17.6 Å². The van der Waals surface area contributed by atoms with E-state index >= 15 is 0 Å². The van der Waals surface area contributed by atoms with Crippen LogP contribution in [0, 0.1) is 5.41 Å². The number of ether oxygens (including phenoxy) is 1. The maximum atomic E-state index is 12.8. The number of nitrogens with two attached hydrogens (primary N) is 1. The highest BCUT2D eigenvalue weighted by Crippen LogP contribution is 2.30. The fraction of sp³-hybridized carbons (Fsp3) is 0.364. The molecule has 0 aliphatic carbocycles. The van der Waals surface area contributed by atoms with Gasteiger partial charge in [0.15, 0.2) is 6.61 Å². The summed E-state index contributed by atoms with van der Waals surface area (Å²) in [6.07, 6.45) is -2.10. The number of rotatable bonds is 6. The molecule has 0 atom stereocenters. The van der Waals surface area contributed by atoms with Crippen molar-refractivity contribution in [3.05, 3.63) is 23.8 Å². The van der Waals surface area contributed by atoms with Crippen LogP contribution in [0.5, 0.6) is 5.75 Å². The Morgan fingerprint density at radius 3 is 2.58 bits per heavy atom. The summed E-state index contributed by atoms with van der Waals surface area (Å²) in [5.74, 6) is -4.73. The molecule has 19 heavy (non-hydrogen) atoms. The number of hydrogen-bond donors (Lipinski definition) is 2. The van der Waals surface area contributed by atoms with Crippen LogP contribution < -0.4 is 10.5 Å². The lowest BCUT2D eigenvalue weighted by atomic mass is 10.2. The Kier molecular flexibility index (Phi) is 5.04. The average Bonchev–Trinajstić information content (AvgIpc) is 2.35. The fourth-order valence-corrected chi connectivity index (χ4v) is 1.93. The molecule has 0 bridgehead atoms. The quantitative estimate of drug-likeness (QED) is 0.367. The number of benzene rings is 1. The first kappa shape index (κ1) is 15.6. The highest BCUT2D eigenvalue weighted by molar-refractivity contribution is 7.98. The van der Waals surface area contributed by atoms with Crippen LogP contribution in [-0.4, -0.2) is 31.0 Å². The minimum absolute atomic E-state index is 0.111. The SMILES string of the molecule is CSc1cccc(OCC(F)(F)C(F)F)c1C(=N)N. The van der Waals surface area contributed by atoms with Gasteiger partial charge in [-0.1, -0.05) is 6.07 Å². The van der Waals surface area contributed by atoms with Crippen molar-refractivity contribution in [2.45, 2.75) is 17.2 Å². The summed E-state index contributed by atoms with van der Waals surface area (Å²) in [4.78, 5) is 0.547. The molecule has 0 heterocycles. The molecule has 0 unspecified atom stereocenters.